The predicted molar refractivity (Wildman–Crippen MR) is 128 cm³/mol. The molecule has 1 fully saturated rings. The Kier molecular flexibility index (Phi) is 9.26. The molecule has 0 aliphatic carbocycles. The smallest absolute Gasteiger partial charge is 0.319 e. The van der Waals surface area contributed by atoms with E-state index in [1.165, 1.54) is 0 Å². The summed E-state index contributed by atoms with van der Waals surface area (Å²) < 4.78 is 5.40. The van der Waals surface area contributed by atoms with Crippen LogP contribution in [0, 0.1) is 12.3 Å². The molecule has 0 aromatic carbocycles. The van der Waals surface area contributed by atoms with Crippen molar-refractivity contribution in [3.05, 3.63) is 41.5 Å². The average Bonchev–Trinajstić information content (AvgIpc) is 2.72. The van der Waals surface area contributed by atoms with Gasteiger partial charge >= 0.3 is 6.03 Å². The zero-order valence-corrected chi connectivity index (χ0v) is 20.2. The van der Waals surface area contributed by atoms with Gasteiger partial charge in [-0.25, -0.2) is 4.79 Å². The van der Waals surface area contributed by atoms with E-state index in [1.54, 1.807) is 6.20 Å². The van der Waals surface area contributed by atoms with Crippen LogP contribution >= 0.6 is 0 Å². The molecule has 0 radical (unpaired) electrons. The van der Waals surface area contributed by atoms with Crippen molar-refractivity contribution < 1.29 is 14.3 Å². The Morgan fingerprint density at radius 2 is 1.97 bits per heavy atom. The Balaban J connectivity index is 2.25. The second-order valence-corrected chi connectivity index (χ2v) is 9.38. The topological polar surface area (TPSA) is 86.8 Å². The Labute approximate surface area is 191 Å². The van der Waals surface area contributed by atoms with Gasteiger partial charge in [-0.1, -0.05) is 20.8 Å². The van der Waals surface area contributed by atoms with Crippen LogP contribution in [0.2, 0.25) is 0 Å². The zero-order valence-electron chi connectivity index (χ0n) is 20.2. The van der Waals surface area contributed by atoms with Gasteiger partial charge in [0.25, 0.3) is 0 Å². The number of anilines is 1. The van der Waals surface area contributed by atoms with Gasteiger partial charge in [0.2, 0.25) is 0 Å². The van der Waals surface area contributed by atoms with Crippen molar-refractivity contribution in [2.75, 3.05) is 52.3 Å². The largest absolute Gasteiger partial charge is 0.383 e. The van der Waals surface area contributed by atoms with E-state index in [0.717, 1.165) is 29.5 Å². The lowest BCUT2D eigenvalue weighted by Gasteiger charge is -2.29. The van der Waals surface area contributed by atoms with Crippen molar-refractivity contribution in [2.45, 2.75) is 34.1 Å². The minimum Gasteiger partial charge on any atom is -0.383 e. The fourth-order valence-corrected chi connectivity index (χ4v) is 3.26. The number of carbonyl (C=O) groups excluding carboxylic acids is 2. The maximum absolute atomic E-state index is 12.3. The third kappa shape index (κ3) is 8.34. The van der Waals surface area contributed by atoms with Crippen molar-refractivity contribution in [1.29, 1.82) is 0 Å². The van der Waals surface area contributed by atoms with Gasteiger partial charge in [-0.05, 0) is 30.9 Å². The van der Waals surface area contributed by atoms with Crippen LogP contribution in [0.5, 0.6) is 0 Å². The number of amides is 2. The molecule has 0 spiro atoms. The third-order valence-electron chi connectivity index (χ3n) is 5.01. The molecule has 1 aliphatic rings. The summed E-state index contributed by atoms with van der Waals surface area (Å²) in [5, 5.41) is 5.75. The lowest BCUT2D eigenvalue weighted by molar-refractivity contribution is -0.106. The van der Waals surface area contributed by atoms with Crippen molar-refractivity contribution >= 4 is 23.6 Å². The Morgan fingerprint density at radius 3 is 2.56 bits per heavy atom. The highest BCUT2D eigenvalue weighted by Crippen LogP contribution is 2.25. The molecule has 2 heterocycles. The van der Waals surface area contributed by atoms with E-state index in [4.69, 9.17) is 4.74 Å². The van der Waals surface area contributed by atoms with Crippen LogP contribution in [0.25, 0.3) is 5.57 Å². The molecule has 0 unspecified atom stereocenters. The quantitative estimate of drug-likeness (QED) is 0.364. The fraction of sp³-hybridized carbons (Fsp3) is 0.542. The van der Waals surface area contributed by atoms with E-state index in [1.807, 2.05) is 49.2 Å². The summed E-state index contributed by atoms with van der Waals surface area (Å²) >= 11 is 0. The summed E-state index contributed by atoms with van der Waals surface area (Å²) in [7, 11) is 3.85. The number of hydrogen-bond donors (Lipinski definition) is 2. The number of allylic oxidation sites excluding steroid dienone is 3. The van der Waals surface area contributed by atoms with Gasteiger partial charge in [0, 0.05) is 56.8 Å². The molecule has 2 rings (SSSR count). The van der Waals surface area contributed by atoms with Gasteiger partial charge in [-0.3, -0.25) is 9.78 Å². The van der Waals surface area contributed by atoms with Crippen molar-refractivity contribution in [3.63, 3.8) is 0 Å². The van der Waals surface area contributed by atoms with E-state index in [0.29, 0.717) is 44.2 Å². The number of rotatable bonds is 8. The van der Waals surface area contributed by atoms with Crippen LogP contribution < -0.4 is 10.6 Å². The summed E-state index contributed by atoms with van der Waals surface area (Å²) in [6.45, 7) is 11.5. The fourth-order valence-electron chi connectivity index (χ4n) is 3.26. The maximum Gasteiger partial charge on any atom is 0.319 e. The molecule has 176 valence electrons. The van der Waals surface area contributed by atoms with Crippen LogP contribution in [0.1, 0.15) is 38.4 Å². The van der Waals surface area contributed by atoms with Crippen LogP contribution in [0.4, 0.5) is 10.5 Å². The van der Waals surface area contributed by atoms with Gasteiger partial charge in [-0.15, -0.1) is 0 Å². The molecule has 2 N–H and O–H groups in total. The summed E-state index contributed by atoms with van der Waals surface area (Å²) in [5.41, 5.74) is 3.83. The summed E-state index contributed by atoms with van der Waals surface area (Å²) in [6, 6.07) is 1.63. The van der Waals surface area contributed by atoms with E-state index >= 15 is 0 Å². The van der Waals surface area contributed by atoms with E-state index in [2.05, 4.69) is 36.4 Å². The second kappa shape index (κ2) is 11.7. The molecule has 1 aliphatic heterocycles. The standard InChI is InChI=1S/C24H37N5O3/c1-18-22(14-20(15-26-18)27-23(31)25-8-7-24(2,3)4)19(16-28(5)6)13-21(17-30)29-9-11-32-12-10-29/h13-17H,7-12H2,1-6H3,(H2,25,27,31)/b19-16?,21-13+. The number of nitrogens with one attached hydrogen (secondary N) is 2. The van der Waals surface area contributed by atoms with Gasteiger partial charge in [-0.2, -0.15) is 0 Å². The lowest BCUT2D eigenvalue weighted by Crippen LogP contribution is -2.36. The van der Waals surface area contributed by atoms with Crippen LogP contribution in [0.15, 0.2) is 30.2 Å². The number of nitrogens with zero attached hydrogens (tertiary/aromatic N) is 3. The lowest BCUT2D eigenvalue weighted by atomic mass is 9.92. The van der Waals surface area contributed by atoms with Crippen LogP contribution in [-0.2, 0) is 9.53 Å². The molecular formula is C24H37N5O3. The molecule has 1 aromatic heterocycles. The van der Waals surface area contributed by atoms with Crippen molar-refractivity contribution in [2.24, 2.45) is 5.41 Å². The Hall–Kier alpha value is -2.87. The number of ether oxygens (including phenoxy) is 1. The highest BCUT2D eigenvalue weighted by atomic mass is 16.5. The Bertz CT molecular complexity index is 850. The SMILES string of the molecule is Cc1ncc(NC(=O)NCCC(C)(C)C)cc1C(=CN(C)C)/C=C(\C=O)N1CCOCC1. The number of aromatic nitrogens is 1. The Morgan fingerprint density at radius 1 is 1.28 bits per heavy atom. The first-order chi connectivity index (χ1) is 15.1. The number of carbonyl (C=O) groups is 2. The van der Waals surface area contributed by atoms with E-state index in [-0.39, 0.29) is 11.4 Å². The molecule has 0 saturated carbocycles. The van der Waals surface area contributed by atoms with Gasteiger partial charge in [0.15, 0.2) is 6.29 Å². The third-order valence-corrected chi connectivity index (χ3v) is 5.01. The van der Waals surface area contributed by atoms with Gasteiger partial charge in [0.05, 0.1) is 30.8 Å². The van der Waals surface area contributed by atoms with E-state index in [9.17, 15) is 9.59 Å². The normalized spacial score (nSPS) is 15.4. The average molecular weight is 444 g/mol. The summed E-state index contributed by atoms with van der Waals surface area (Å²) in [5.74, 6) is 0. The number of pyridine rings is 1. The molecule has 2 amide bonds. The number of aryl methyl sites for hydroxylation is 1. The number of aldehydes is 1. The molecule has 8 nitrogen and oxygen atoms in total. The highest BCUT2D eigenvalue weighted by Gasteiger charge is 2.16. The van der Waals surface area contributed by atoms with E-state index < -0.39 is 0 Å². The van der Waals surface area contributed by atoms with Crippen molar-refractivity contribution in [3.8, 4) is 0 Å². The number of morpholine rings is 1. The molecular weight excluding hydrogens is 406 g/mol. The number of hydrogen-bond acceptors (Lipinski definition) is 6. The van der Waals surface area contributed by atoms with Crippen LogP contribution in [0.3, 0.4) is 0 Å². The molecule has 32 heavy (non-hydrogen) atoms. The number of urea groups is 1. The summed E-state index contributed by atoms with van der Waals surface area (Å²) in [4.78, 5) is 32.6. The zero-order chi connectivity index (χ0) is 23.7. The summed E-state index contributed by atoms with van der Waals surface area (Å²) in [6.07, 6.45) is 7.22. The molecule has 0 atom stereocenters. The van der Waals surface area contributed by atoms with Gasteiger partial charge < -0.3 is 25.2 Å². The minimum absolute atomic E-state index is 0.154. The first kappa shape index (κ1) is 25.4. The highest BCUT2D eigenvalue weighted by molar-refractivity contribution is 5.90. The molecule has 1 saturated heterocycles. The van der Waals surface area contributed by atoms with Gasteiger partial charge in [0.1, 0.15) is 0 Å². The monoisotopic (exact) mass is 443 g/mol. The maximum atomic E-state index is 12.3. The predicted octanol–water partition coefficient (Wildman–Crippen LogP) is 3.27. The minimum atomic E-state index is -0.263. The van der Waals surface area contributed by atoms with Crippen LogP contribution in [-0.4, -0.2) is 74.0 Å². The molecule has 1 aromatic rings. The van der Waals surface area contributed by atoms with Crippen molar-refractivity contribution in [1.82, 2.24) is 20.1 Å². The first-order valence-electron chi connectivity index (χ1n) is 11.0. The molecule has 0 bridgehead atoms. The molecule has 8 heteroatoms. The first-order valence-corrected chi connectivity index (χ1v) is 11.0. The second-order valence-electron chi connectivity index (χ2n) is 9.38.